The van der Waals surface area contributed by atoms with Crippen molar-refractivity contribution in [1.29, 1.82) is 0 Å². The smallest absolute Gasteiger partial charge is 0.339 e. The molecule has 2 unspecified atom stereocenters. The normalized spacial score (nSPS) is 13.5. The highest BCUT2D eigenvalue weighted by atomic mass is 16.5. The third kappa shape index (κ3) is 12.6. The number of carbonyl (C=O) groups is 1. The van der Waals surface area contributed by atoms with Crippen LogP contribution in [0, 0.1) is 17.8 Å². The first-order chi connectivity index (χ1) is 13.0. The van der Waals surface area contributed by atoms with E-state index in [0.29, 0.717) is 12.2 Å². The van der Waals surface area contributed by atoms with Gasteiger partial charge in [-0.05, 0) is 36.3 Å². The molecule has 0 aliphatic heterocycles. The molecule has 0 bridgehead atoms. The molecule has 0 fully saturated rings. The maximum absolute atomic E-state index is 11.8. The number of carbonyl (C=O) groups excluding carboxylic acids is 1. The van der Waals surface area contributed by atoms with Crippen LogP contribution in [-0.2, 0) is 4.74 Å². The Balaban J connectivity index is 1.95. The van der Waals surface area contributed by atoms with Crippen molar-refractivity contribution < 1.29 is 9.53 Å². The lowest BCUT2D eigenvalue weighted by atomic mass is 9.92. The Bertz CT molecular complexity index is 486. The quantitative estimate of drug-likeness (QED) is 0.243. The van der Waals surface area contributed by atoms with E-state index in [0.717, 1.165) is 30.6 Å². The van der Waals surface area contributed by atoms with Crippen molar-refractivity contribution in [2.45, 2.75) is 91.9 Å². The predicted octanol–water partition coefficient (Wildman–Crippen LogP) is 7.07. The van der Waals surface area contributed by atoms with Gasteiger partial charge in [0.05, 0.1) is 12.2 Å². The summed E-state index contributed by atoms with van der Waals surface area (Å²) in [6.07, 6.45) is 16.1. The van der Waals surface area contributed by atoms with E-state index in [4.69, 9.17) is 4.74 Å². The molecule has 0 radical (unpaired) electrons. The fourth-order valence-electron chi connectivity index (χ4n) is 3.48. The number of pyridine rings is 1. The summed E-state index contributed by atoms with van der Waals surface area (Å²) < 4.78 is 5.29. The van der Waals surface area contributed by atoms with Crippen LogP contribution in [0.25, 0.3) is 0 Å². The largest absolute Gasteiger partial charge is 0.462 e. The number of hydrogen-bond acceptors (Lipinski definition) is 3. The number of nitrogens with zero attached hydrogens (tertiary/aromatic N) is 1. The second-order valence-electron chi connectivity index (χ2n) is 8.69. The minimum absolute atomic E-state index is 0.265. The molecule has 0 saturated heterocycles. The molecule has 3 nitrogen and oxygen atoms in total. The maximum atomic E-state index is 11.8. The summed E-state index contributed by atoms with van der Waals surface area (Å²) in [5, 5.41) is 0. The molecule has 1 rings (SSSR count). The predicted molar refractivity (Wildman–Crippen MR) is 114 cm³/mol. The summed E-state index contributed by atoms with van der Waals surface area (Å²) in [4.78, 5) is 15.7. The van der Waals surface area contributed by atoms with Gasteiger partial charge in [-0.1, -0.05) is 85.5 Å². The SMILES string of the molecule is CC(C)CCCC(C)CCCC(C)CCCCCOC(=O)c1cccnc1. The van der Waals surface area contributed by atoms with Gasteiger partial charge in [-0.3, -0.25) is 4.98 Å². The summed E-state index contributed by atoms with van der Waals surface area (Å²) in [7, 11) is 0. The van der Waals surface area contributed by atoms with Crippen molar-refractivity contribution >= 4 is 5.97 Å². The van der Waals surface area contributed by atoms with Crippen molar-refractivity contribution in [3.05, 3.63) is 30.1 Å². The second-order valence-corrected chi connectivity index (χ2v) is 8.69. The van der Waals surface area contributed by atoms with Crippen LogP contribution in [0.2, 0.25) is 0 Å². The van der Waals surface area contributed by atoms with E-state index >= 15 is 0 Å². The Hall–Kier alpha value is -1.38. The van der Waals surface area contributed by atoms with Crippen molar-refractivity contribution in [1.82, 2.24) is 4.98 Å². The molecule has 0 N–H and O–H groups in total. The van der Waals surface area contributed by atoms with E-state index in [1.54, 1.807) is 24.5 Å². The zero-order valence-corrected chi connectivity index (χ0v) is 18.1. The summed E-state index contributed by atoms with van der Waals surface area (Å²) in [6, 6.07) is 3.49. The van der Waals surface area contributed by atoms with Crippen LogP contribution in [0.5, 0.6) is 0 Å². The first kappa shape index (κ1) is 23.7. The monoisotopic (exact) mass is 375 g/mol. The fraction of sp³-hybridized carbons (Fsp3) is 0.750. The highest BCUT2D eigenvalue weighted by Crippen LogP contribution is 2.21. The number of aromatic nitrogens is 1. The molecule has 3 heteroatoms. The number of unbranched alkanes of at least 4 members (excludes halogenated alkanes) is 2. The molecule has 154 valence electrons. The number of esters is 1. The summed E-state index contributed by atoms with van der Waals surface area (Å²) in [6.45, 7) is 9.94. The third-order valence-electron chi connectivity index (χ3n) is 5.34. The van der Waals surface area contributed by atoms with Gasteiger partial charge in [0.25, 0.3) is 0 Å². The fourth-order valence-corrected chi connectivity index (χ4v) is 3.48. The zero-order chi connectivity index (χ0) is 19.9. The van der Waals surface area contributed by atoms with Crippen LogP contribution in [0.15, 0.2) is 24.5 Å². The van der Waals surface area contributed by atoms with Crippen LogP contribution in [-0.4, -0.2) is 17.6 Å². The Morgan fingerprint density at radius 3 is 2.11 bits per heavy atom. The molecule has 2 atom stereocenters. The van der Waals surface area contributed by atoms with Crippen molar-refractivity contribution in [3.63, 3.8) is 0 Å². The van der Waals surface area contributed by atoms with Crippen molar-refractivity contribution in [2.75, 3.05) is 6.61 Å². The average Bonchev–Trinajstić information content (AvgIpc) is 2.64. The molecule has 0 aliphatic rings. The Morgan fingerprint density at radius 1 is 0.889 bits per heavy atom. The molecule has 0 amide bonds. The number of hydrogen-bond donors (Lipinski definition) is 0. The van der Waals surface area contributed by atoms with Gasteiger partial charge in [-0.2, -0.15) is 0 Å². The van der Waals surface area contributed by atoms with Crippen LogP contribution in [0.1, 0.15) is 102 Å². The standard InChI is InChI=1S/C24H41NO2/c1-20(2)11-8-13-22(4)15-9-14-21(3)12-6-5-7-18-27-24(26)23-16-10-17-25-19-23/h10,16-17,19-22H,5-9,11-15,18H2,1-4H3. The number of ether oxygens (including phenoxy) is 1. The van der Waals surface area contributed by atoms with Gasteiger partial charge in [-0.25, -0.2) is 4.79 Å². The Labute approximate surface area is 167 Å². The minimum atomic E-state index is -0.265. The lowest BCUT2D eigenvalue weighted by Crippen LogP contribution is -2.06. The molecule has 1 heterocycles. The molecule has 1 aromatic rings. The van der Waals surface area contributed by atoms with Crippen LogP contribution in [0.3, 0.4) is 0 Å². The van der Waals surface area contributed by atoms with E-state index in [1.807, 2.05) is 0 Å². The van der Waals surface area contributed by atoms with Crippen LogP contribution >= 0.6 is 0 Å². The van der Waals surface area contributed by atoms with E-state index in [-0.39, 0.29) is 5.97 Å². The first-order valence-electron chi connectivity index (χ1n) is 11.1. The van der Waals surface area contributed by atoms with E-state index in [2.05, 4.69) is 32.7 Å². The Kier molecular flexibility index (Phi) is 12.8. The highest BCUT2D eigenvalue weighted by Gasteiger charge is 2.08. The topological polar surface area (TPSA) is 39.2 Å². The van der Waals surface area contributed by atoms with Gasteiger partial charge in [0.1, 0.15) is 0 Å². The van der Waals surface area contributed by atoms with Gasteiger partial charge < -0.3 is 4.74 Å². The van der Waals surface area contributed by atoms with Crippen LogP contribution < -0.4 is 0 Å². The molecule has 0 aromatic carbocycles. The molecular weight excluding hydrogens is 334 g/mol. The molecule has 0 spiro atoms. The minimum Gasteiger partial charge on any atom is -0.462 e. The first-order valence-corrected chi connectivity index (χ1v) is 11.1. The molecule has 0 aliphatic carbocycles. The van der Waals surface area contributed by atoms with E-state index in [9.17, 15) is 4.79 Å². The summed E-state index contributed by atoms with van der Waals surface area (Å²) in [5.74, 6) is 2.27. The molecule has 27 heavy (non-hydrogen) atoms. The van der Waals surface area contributed by atoms with Crippen LogP contribution in [0.4, 0.5) is 0 Å². The van der Waals surface area contributed by atoms with Gasteiger partial charge >= 0.3 is 5.97 Å². The Morgan fingerprint density at radius 2 is 1.52 bits per heavy atom. The number of rotatable bonds is 15. The van der Waals surface area contributed by atoms with E-state index in [1.165, 1.54) is 51.4 Å². The van der Waals surface area contributed by atoms with Crippen molar-refractivity contribution in [3.8, 4) is 0 Å². The van der Waals surface area contributed by atoms with Gasteiger partial charge in [0, 0.05) is 12.4 Å². The van der Waals surface area contributed by atoms with Gasteiger partial charge in [-0.15, -0.1) is 0 Å². The van der Waals surface area contributed by atoms with Crippen molar-refractivity contribution in [2.24, 2.45) is 17.8 Å². The molecule has 1 aromatic heterocycles. The lowest BCUT2D eigenvalue weighted by Gasteiger charge is -2.15. The third-order valence-corrected chi connectivity index (χ3v) is 5.34. The van der Waals surface area contributed by atoms with Gasteiger partial charge in [0.15, 0.2) is 0 Å². The maximum Gasteiger partial charge on any atom is 0.339 e. The average molecular weight is 376 g/mol. The molecule has 0 saturated carbocycles. The van der Waals surface area contributed by atoms with E-state index < -0.39 is 0 Å². The zero-order valence-electron chi connectivity index (χ0n) is 18.1. The summed E-state index contributed by atoms with van der Waals surface area (Å²) >= 11 is 0. The summed E-state index contributed by atoms with van der Waals surface area (Å²) in [5.41, 5.74) is 0.532. The highest BCUT2D eigenvalue weighted by molar-refractivity contribution is 5.88. The second kappa shape index (κ2) is 14.6. The van der Waals surface area contributed by atoms with Gasteiger partial charge in [0.2, 0.25) is 0 Å². The molecular formula is C24H41NO2. The lowest BCUT2D eigenvalue weighted by molar-refractivity contribution is 0.0497.